The molecule has 2 amide bonds. The highest BCUT2D eigenvalue weighted by Gasteiger charge is 2.09. The summed E-state index contributed by atoms with van der Waals surface area (Å²) in [6, 6.07) is 5.79. The van der Waals surface area contributed by atoms with Crippen molar-refractivity contribution in [3.8, 4) is 5.69 Å². The molecule has 10 heteroatoms. The Labute approximate surface area is 138 Å². The average Bonchev–Trinajstić information content (AvgIpc) is 2.85. The SMILES string of the molecule is CC(=O)NNC(=O)CSc1nn(-c2ccc(F)cc2)c(=S)s1. The first-order chi connectivity index (χ1) is 10.5. The van der Waals surface area contributed by atoms with Gasteiger partial charge in [0.2, 0.25) is 11.8 Å². The van der Waals surface area contributed by atoms with Crippen LogP contribution in [0.3, 0.4) is 0 Å². The molecule has 0 aliphatic carbocycles. The van der Waals surface area contributed by atoms with Crippen molar-refractivity contribution in [2.75, 3.05) is 5.75 Å². The number of aromatic nitrogens is 2. The van der Waals surface area contributed by atoms with Gasteiger partial charge in [0.1, 0.15) is 5.82 Å². The monoisotopic (exact) mass is 358 g/mol. The second-order valence-electron chi connectivity index (χ2n) is 4.04. The fourth-order valence-corrected chi connectivity index (χ4v) is 3.55. The first-order valence-electron chi connectivity index (χ1n) is 6.00. The highest BCUT2D eigenvalue weighted by molar-refractivity contribution is 8.01. The van der Waals surface area contributed by atoms with Crippen LogP contribution in [0.4, 0.5) is 4.39 Å². The summed E-state index contributed by atoms with van der Waals surface area (Å²) in [7, 11) is 0. The second kappa shape index (κ2) is 7.47. The number of carbonyl (C=O) groups excluding carboxylic acids is 2. The van der Waals surface area contributed by atoms with E-state index < -0.39 is 0 Å². The number of nitrogens with one attached hydrogen (secondary N) is 2. The van der Waals surface area contributed by atoms with Crippen molar-refractivity contribution in [1.82, 2.24) is 20.6 Å². The molecule has 1 aromatic heterocycles. The maximum atomic E-state index is 12.9. The zero-order valence-electron chi connectivity index (χ0n) is 11.3. The lowest BCUT2D eigenvalue weighted by Crippen LogP contribution is -2.41. The molecular formula is C12H11FN4O2S3. The zero-order chi connectivity index (χ0) is 16.1. The maximum Gasteiger partial charge on any atom is 0.248 e. The number of rotatable bonds is 4. The Hall–Kier alpha value is -1.78. The summed E-state index contributed by atoms with van der Waals surface area (Å²) in [4.78, 5) is 22.1. The van der Waals surface area contributed by atoms with Crippen LogP contribution < -0.4 is 10.9 Å². The lowest BCUT2D eigenvalue weighted by atomic mass is 10.3. The average molecular weight is 358 g/mol. The minimum absolute atomic E-state index is 0.0893. The summed E-state index contributed by atoms with van der Waals surface area (Å²) < 4.78 is 15.5. The molecule has 0 unspecified atom stereocenters. The molecule has 0 spiro atoms. The predicted molar refractivity (Wildman–Crippen MR) is 84.9 cm³/mol. The minimum Gasteiger partial charge on any atom is -0.274 e. The van der Waals surface area contributed by atoms with Crippen molar-refractivity contribution < 1.29 is 14.0 Å². The third kappa shape index (κ3) is 4.61. The molecular weight excluding hydrogens is 347 g/mol. The molecule has 22 heavy (non-hydrogen) atoms. The van der Waals surface area contributed by atoms with E-state index in [1.807, 2.05) is 0 Å². The quantitative estimate of drug-likeness (QED) is 0.497. The third-order valence-electron chi connectivity index (χ3n) is 2.31. The molecule has 0 fully saturated rings. The van der Waals surface area contributed by atoms with Gasteiger partial charge in [0.25, 0.3) is 0 Å². The minimum atomic E-state index is -0.352. The molecule has 2 rings (SSSR count). The number of nitrogens with zero attached hydrogens (tertiary/aromatic N) is 2. The van der Waals surface area contributed by atoms with E-state index in [4.69, 9.17) is 12.2 Å². The smallest absolute Gasteiger partial charge is 0.248 e. The normalized spacial score (nSPS) is 10.3. The fraction of sp³-hybridized carbons (Fsp3) is 0.167. The molecule has 0 saturated carbocycles. The van der Waals surface area contributed by atoms with Crippen LogP contribution in [0.1, 0.15) is 6.92 Å². The zero-order valence-corrected chi connectivity index (χ0v) is 13.8. The Morgan fingerprint density at radius 1 is 1.36 bits per heavy atom. The van der Waals surface area contributed by atoms with E-state index in [0.717, 1.165) is 0 Å². The molecule has 0 saturated heterocycles. The molecule has 0 aliphatic rings. The molecule has 0 atom stereocenters. The molecule has 2 N–H and O–H groups in total. The highest BCUT2D eigenvalue weighted by Crippen LogP contribution is 2.23. The number of thioether (sulfide) groups is 1. The molecule has 116 valence electrons. The van der Waals surface area contributed by atoms with Gasteiger partial charge in [0.05, 0.1) is 11.4 Å². The molecule has 1 heterocycles. The molecule has 1 aromatic carbocycles. The number of hydrazine groups is 1. The van der Waals surface area contributed by atoms with Crippen molar-refractivity contribution in [3.05, 3.63) is 34.0 Å². The van der Waals surface area contributed by atoms with E-state index in [-0.39, 0.29) is 23.4 Å². The van der Waals surface area contributed by atoms with Crippen molar-refractivity contribution >= 4 is 47.1 Å². The Morgan fingerprint density at radius 2 is 2.05 bits per heavy atom. The topological polar surface area (TPSA) is 76.0 Å². The summed E-state index contributed by atoms with van der Waals surface area (Å²) in [5.41, 5.74) is 5.10. The highest BCUT2D eigenvalue weighted by atomic mass is 32.2. The third-order valence-corrected chi connectivity index (χ3v) is 4.67. The van der Waals surface area contributed by atoms with Gasteiger partial charge < -0.3 is 0 Å². The van der Waals surface area contributed by atoms with E-state index in [9.17, 15) is 14.0 Å². The van der Waals surface area contributed by atoms with Crippen LogP contribution in [0.5, 0.6) is 0 Å². The summed E-state index contributed by atoms with van der Waals surface area (Å²) in [6.07, 6.45) is 0. The van der Waals surface area contributed by atoms with Gasteiger partial charge in [-0.15, -0.1) is 5.10 Å². The summed E-state index contributed by atoms with van der Waals surface area (Å²) in [6.45, 7) is 1.29. The van der Waals surface area contributed by atoms with E-state index >= 15 is 0 Å². The van der Waals surface area contributed by atoms with E-state index in [2.05, 4.69) is 16.0 Å². The van der Waals surface area contributed by atoms with Gasteiger partial charge >= 0.3 is 0 Å². The Morgan fingerprint density at radius 3 is 2.68 bits per heavy atom. The van der Waals surface area contributed by atoms with Crippen molar-refractivity contribution in [2.24, 2.45) is 0 Å². The Balaban J connectivity index is 2.01. The van der Waals surface area contributed by atoms with Crippen molar-refractivity contribution in [3.63, 3.8) is 0 Å². The van der Waals surface area contributed by atoms with Gasteiger partial charge in [0.15, 0.2) is 8.29 Å². The first-order valence-corrected chi connectivity index (χ1v) is 8.21. The van der Waals surface area contributed by atoms with E-state index in [1.165, 1.54) is 46.8 Å². The molecule has 6 nitrogen and oxygen atoms in total. The van der Waals surface area contributed by atoms with Crippen LogP contribution in [0, 0.1) is 9.77 Å². The molecule has 2 aromatic rings. The fourth-order valence-electron chi connectivity index (χ4n) is 1.39. The standard InChI is InChI=1S/C12H11FN4O2S3/c1-7(18)14-15-10(19)6-21-11-16-17(12(20)22-11)9-4-2-8(13)3-5-9/h2-5H,6H2,1H3,(H,14,18)(H,15,19). The summed E-state index contributed by atoms with van der Waals surface area (Å²) in [5.74, 6) is -0.953. The summed E-state index contributed by atoms with van der Waals surface area (Å²) in [5, 5.41) is 4.28. The Kier molecular flexibility index (Phi) is 5.63. The van der Waals surface area contributed by atoms with Crippen LogP contribution in [0.15, 0.2) is 28.6 Å². The number of hydrogen-bond donors (Lipinski definition) is 2. The summed E-state index contributed by atoms with van der Waals surface area (Å²) >= 11 is 7.65. The number of amides is 2. The molecule has 0 aliphatic heterocycles. The van der Waals surface area contributed by atoms with E-state index in [1.54, 1.807) is 12.1 Å². The van der Waals surface area contributed by atoms with Gasteiger partial charge in [-0.25, -0.2) is 9.07 Å². The molecule has 0 bridgehead atoms. The second-order valence-corrected chi connectivity index (χ2v) is 6.89. The number of benzene rings is 1. The van der Waals surface area contributed by atoms with Gasteiger partial charge in [-0.1, -0.05) is 23.1 Å². The Bertz CT molecular complexity index is 742. The van der Waals surface area contributed by atoms with Crippen LogP contribution >= 0.6 is 35.3 Å². The lowest BCUT2D eigenvalue weighted by molar-refractivity contribution is -0.126. The van der Waals surface area contributed by atoms with Crippen molar-refractivity contribution in [1.29, 1.82) is 0 Å². The number of hydrogen-bond acceptors (Lipinski definition) is 6. The van der Waals surface area contributed by atoms with Crippen molar-refractivity contribution in [2.45, 2.75) is 11.3 Å². The largest absolute Gasteiger partial charge is 0.274 e. The van der Waals surface area contributed by atoms with Gasteiger partial charge in [-0.3, -0.25) is 20.4 Å². The first kappa shape index (κ1) is 16.6. The van der Waals surface area contributed by atoms with Crippen LogP contribution in [-0.4, -0.2) is 27.3 Å². The lowest BCUT2D eigenvalue weighted by Gasteiger charge is -2.03. The van der Waals surface area contributed by atoms with E-state index in [0.29, 0.717) is 14.0 Å². The van der Waals surface area contributed by atoms with Gasteiger partial charge in [0, 0.05) is 6.92 Å². The molecule has 0 radical (unpaired) electrons. The number of carbonyl (C=O) groups is 2. The van der Waals surface area contributed by atoms with Gasteiger partial charge in [-0.05, 0) is 36.5 Å². The van der Waals surface area contributed by atoms with Crippen LogP contribution in [-0.2, 0) is 9.59 Å². The van der Waals surface area contributed by atoms with Crippen LogP contribution in [0.2, 0.25) is 0 Å². The number of halogens is 1. The predicted octanol–water partition coefficient (Wildman–Crippen LogP) is 2.06. The maximum absolute atomic E-state index is 12.9. The van der Waals surface area contributed by atoms with Crippen LogP contribution in [0.25, 0.3) is 5.69 Å². The van der Waals surface area contributed by atoms with Gasteiger partial charge in [-0.2, -0.15) is 0 Å².